The maximum atomic E-state index is 13.3. The van der Waals surface area contributed by atoms with Crippen LogP contribution in [-0.2, 0) is 6.61 Å². The van der Waals surface area contributed by atoms with E-state index in [4.69, 9.17) is 26.4 Å². The van der Waals surface area contributed by atoms with Gasteiger partial charge in [-0.2, -0.15) is 0 Å². The van der Waals surface area contributed by atoms with Crippen LogP contribution in [0, 0.1) is 5.82 Å². The van der Waals surface area contributed by atoms with Crippen molar-refractivity contribution in [1.29, 1.82) is 0 Å². The summed E-state index contributed by atoms with van der Waals surface area (Å²) in [6.45, 7) is 0.181. The van der Waals surface area contributed by atoms with Gasteiger partial charge < -0.3 is 14.8 Å². The van der Waals surface area contributed by atoms with E-state index in [2.05, 4.69) is 0 Å². The van der Waals surface area contributed by atoms with Gasteiger partial charge in [-0.25, -0.2) is 4.39 Å². The Morgan fingerprint density at radius 2 is 1.95 bits per heavy atom. The zero-order valence-corrected chi connectivity index (χ0v) is 10.6. The molecule has 0 radical (unpaired) electrons. The molecule has 2 N–H and O–H groups in total. The van der Waals surface area contributed by atoms with Crippen LogP contribution in [0.25, 0.3) is 0 Å². The number of ether oxygens (including phenoxy) is 1. The predicted octanol–water partition coefficient (Wildman–Crippen LogP) is 1.74. The second kappa shape index (κ2) is 6.06. The predicted molar refractivity (Wildman–Crippen MR) is 72.0 cm³/mol. The highest BCUT2D eigenvalue weighted by Crippen LogP contribution is 2.18. The maximum Gasteiger partial charge on any atom is 0.491 e. The van der Waals surface area contributed by atoms with Crippen molar-refractivity contribution in [3.05, 3.63) is 58.9 Å². The van der Waals surface area contributed by atoms with Crippen LogP contribution in [0.15, 0.2) is 42.5 Å². The van der Waals surface area contributed by atoms with Crippen molar-refractivity contribution in [3.63, 3.8) is 0 Å². The second-order valence-electron chi connectivity index (χ2n) is 3.98. The molecule has 2 aromatic rings. The van der Waals surface area contributed by atoms with Crippen molar-refractivity contribution in [1.82, 2.24) is 0 Å². The molecule has 0 aliphatic carbocycles. The molecule has 19 heavy (non-hydrogen) atoms. The minimum Gasteiger partial charge on any atom is -0.489 e. The van der Waals surface area contributed by atoms with Crippen LogP contribution in [0.2, 0.25) is 5.02 Å². The van der Waals surface area contributed by atoms with Gasteiger partial charge in [-0.3, -0.25) is 0 Å². The molecule has 0 unspecified atom stereocenters. The van der Waals surface area contributed by atoms with Gasteiger partial charge in [-0.05, 0) is 29.8 Å². The smallest absolute Gasteiger partial charge is 0.489 e. The Hall–Kier alpha value is -1.56. The molecule has 2 aromatic carbocycles. The Kier molecular flexibility index (Phi) is 4.42. The first kappa shape index (κ1) is 13.9. The highest BCUT2D eigenvalue weighted by atomic mass is 35.5. The van der Waals surface area contributed by atoms with Gasteiger partial charge >= 0.3 is 7.12 Å². The van der Waals surface area contributed by atoms with Gasteiger partial charge in [0.1, 0.15) is 18.2 Å². The Labute approximate surface area is 115 Å². The molecule has 0 atom stereocenters. The highest BCUT2D eigenvalue weighted by Gasteiger charge is 2.16. The number of benzene rings is 2. The highest BCUT2D eigenvalue weighted by molar-refractivity contribution is 6.58. The minimum absolute atomic E-state index is 0.174. The summed E-state index contributed by atoms with van der Waals surface area (Å²) in [4.78, 5) is 0. The molecule has 6 heteroatoms. The van der Waals surface area contributed by atoms with Crippen molar-refractivity contribution in [2.45, 2.75) is 6.61 Å². The Bertz CT molecular complexity index is 578. The molecule has 0 heterocycles. The monoisotopic (exact) mass is 280 g/mol. The van der Waals surface area contributed by atoms with Gasteiger partial charge in [0.25, 0.3) is 0 Å². The lowest BCUT2D eigenvalue weighted by Gasteiger charge is -2.08. The van der Waals surface area contributed by atoms with Crippen LogP contribution in [0.5, 0.6) is 5.75 Å². The van der Waals surface area contributed by atoms with Crippen LogP contribution >= 0.6 is 11.6 Å². The van der Waals surface area contributed by atoms with Gasteiger partial charge in [-0.15, -0.1) is 0 Å². The SMILES string of the molecule is OB(O)c1cc(COc2cccc(Cl)c2)ccc1F. The second-order valence-corrected chi connectivity index (χ2v) is 4.41. The molecule has 0 amide bonds. The van der Waals surface area contributed by atoms with Gasteiger partial charge in [-0.1, -0.05) is 29.8 Å². The molecule has 0 aliphatic heterocycles. The van der Waals surface area contributed by atoms with E-state index in [1.807, 2.05) is 0 Å². The van der Waals surface area contributed by atoms with Crippen molar-refractivity contribution in [3.8, 4) is 5.75 Å². The van der Waals surface area contributed by atoms with Crippen molar-refractivity contribution >= 4 is 24.2 Å². The van der Waals surface area contributed by atoms with E-state index < -0.39 is 12.9 Å². The number of hydrogen-bond donors (Lipinski definition) is 2. The summed E-state index contributed by atoms with van der Waals surface area (Å²) in [6.07, 6.45) is 0. The molecule has 3 nitrogen and oxygen atoms in total. The van der Waals surface area contributed by atoms with Gasteiger partial charge in [0.15, 0.2) is 0 Å². The Morgan fingerprint density at radius 3 is 2.63 bits per heavy atom. The number of rotatable bonds is 4. The molecule has 0 fully saturated rings. The van der Waals surface area contributed by atoms with Gasteiger partial charge in [0.05, 0.1) is 0 Å². The average Bonchev–Trinajstić information content (AvgIpc) is 2.37. The summed E-state index contributed by atoms with van der Waals surface area (Å²) in [5, 5.41) is 18.6. The first-order valence-electron chi connectivity index (χ1n) is 5.59. The molecule has 98 valence electrons. The Morgan fingerprint density at radius 1 is 1.16 bits per heavy atom. The number of hydrogen-bond acceptors (Lipinski definition) is 3. The van der Waals surface area contributed by atoms with E-state index in [-0.39, 0.29) is 12.1 Å². The average molecular weight is 280 g/mol. The molecule has 0 bridgehead atoms. The molecule has 0 aromatic heterocycles. The molecule has 0 aliphatic rings. The van der Waals surface area contributed by atoms with Crippen molar-refractivity contribution < 1.29 is 19.2 Å². The van der Waals surface area contributed by atoms with Crippen LogP contribution in [0.1, 0.15) is 5.56 Å². The summed E-state index contributed by atoms with van der Waals surface area (Å²) < 4.78 is 18.7. The molecular formula is C13H11BClFO3. The van der Waals surface area contributed by atoms with Crippen molar-refractivity contribution in [2.24, 2.45) is 0 Å². The first-order valence-corrected chi connectivity index (χ1v) is 5.97. The summed E-state index contributed by atoms with van der Waals surface area (Å²) in [5.74, 6) is -0.0792. The van der Waals surface area contributed by atoms with Crippen molar-refractivity contribution in [2.75, 3.05) is 0 Å². The molecule has 0 saturated heterocycles. The van der Waals surface area contributed by atoms with E-state index in [0.29, 0.717) is 16.3 Å². The lowest BCUT2D eigenvalue weighted by atomic mass is 9.79. The molecule has 0 saturated carbocycles. The Balaban J connectivity index is 2.09. The first-order chi connectivity index (χ1) is 9.06. The zero-order chi connectivity index (χ0) is 13.8. The zero-order valence-electron chi connectivity index (χ0n) is 9.88. The third-order valence-electron chi connectivity index (χ3n) is 2.54. The van der Waals surface area contributed by atoms with Crippen LogP contribution < -0.4 is 10.2 Å². The molecule has 0 spiro atoms. The lowest BCUT2D eigenvalue weighted by Crippen LogP contribution is -2.33. The summed E-state index contributed by atoms with van der Waals surface area (Å²) in [7, 11) is -1.84. The lowest BCUT2D eigenvalue weighted by molar-refractivity contribution is 0.306. The standard InChI is InChI=1S/C13H11BClFO3/c15-10-2-1-3-11(7-10)19-8-9-4-5-13(16)12(6-9)14(17)18/h1-7,17-18H,8H2. The van der Waals surface area contributed by atoms with E-state index in [1.54, 1.807) is 24.3 Å². The van der Waals surface area contributed by atoms with E-state index >= 15 is 0 Å². The fourth-order valence-electron chi connectivity index (χ4n) is 1.60. The largest absolute Gasteiger partial charge is 0.491 e. The van der Waals surface area contributed by atoms with Crippen LogP contribution in [0.4, 0.5) is 4.39 Å². The number of halogens is 2. The summed E-state index contributed by atoms with van der Waals surface area (Å²) in [6, 6.07) is 10.9. The maximum absolute atomic E-state index is 13.3. The topological polar surface area (TPSA) is 49.7 Å². The third kappa shape index (κ3) is 3.70. The van der Waals surface area contributed by atoms with E-state index in [9.17, 15) is 4.39 Å². The minimum atomic E-state index is -1.84. The summed E-state index contributed by atoms with van der Waals surface area (Å²) in [5.41, 5.74) is 0.455. The molecular weight excluding hydrogens is 269 g/mol. The fourth-order valence-corrected chi connectivity index (χ4v) is 1.78. The van der Waals surface area contributed by atoms with Crippen LogP contribution in [-0.4, -0.2) is 17.2 Å². The van der Waals surface area contributed by atoms with E-state index in [0.717, 1.165) is 0 Å². The van der Waals surface area contributed by atoms with Gasteiger partial charge in [0, 0.05) is 10.5 Å². The van der Waals surface area contributed by atoms with Crippen LogP contribution in [0.3, 0.4) is 0 Å². The van der Waals surface area contributed by atoms with Gasteiger partial charge in [0.2, 0.25) is 0 Å². The fraction of sp³-hybridized carbons (Fsp3) is 0.0769. The summed E-state index contributed by atoms with van der Waals surface area (Å²) >= 11 is 5.82. The normalized spacial score (nSPS) is 10.3. The van der Waals surface area contributed by atoms with E-state index in [1.165, 1.54) is 18.2 Å². The molecule has 2 rings (SSSR count). The quantitative estimate of drug-likeness (QED) is 0.839. The third-order valence-corrected chi connectivity index (χ3v) is 2.78.